The highest BCUT2D eigenvalue weighted by Crippen LogP contribution is 2.40. The largest absolute Gasteiger partial charge is 0.391 e. The van der Waals surface area contributed by atoms with Crippen LogP contribution in [-0.2, 0) is 4.74 Å². The minimum absolute atomic E-state index is 0.0432. The highest BCUT2D eigenvalue weighted by atomic mass is 19.4. The van der Waals surface area contributed by atoms with Crippen molar-refractivity contribution in [2.24, 2.45) is 11.8 Å². The van der Waals surface area contributed by atoms with Crippen LogP contribution in [0.1, 0.15) is 39.0 Å². The average Bonchev–Trinajstić information content (AvgIpc) is 2.34. The highest BCUT2D eigenvalue weighted by molar-refractivity contribution is 4.84. The molecule has 3 unspecified atom stereocenters. The first-order valence-electron chi connectivity index (χ1n) is 6.80. The maximum atomic E-state index is 12.7. The lowest BCUT2D eigenvalue weighted by Crippen LogP contribution is -2.42. The summed E-state index contributed by atoms with van der Waals surface area (Å²) in [4.78, 5) is 0. The minimum atomic E-state index is -4.04. The SMILES string of the molecule is CCCOCC(NC)C1CCCC(C(F)(F)F)C1. The molecule has 0 aliphatic heterocycles. The molecule has 0 aromatic rings. The van der Waals surface area contributed by atoms with E-state index in [2.05, 4.69) is 5.32 Å². The van der Waals surface area contributed by atoms with E-state index in [0.717, 1.165) is 12.8 Å². The lowest BCUT2D eigenvalue weighted by Gasteiger charge is -2.35. The van der Waals surface area contributed by atoms with Gasteiger partial charge in [-0.1, -0.05) is 13.3 Å². The van der Waals surface area contributed by atoms with E-state index in [1.54, 1.807) is 7.05 Å². The summed E-state index contributed by atoms with van der Waals surface area (Å²) in [5.41, 5.74) is 0. The van der Waals surface area contributed by atoms with Crippen molar-refractivity contribution in [3.8, 4) is 0 Å². The maximum Gasteiger partial charge on any atom is 0.391 e. The van der Waals surface area contributed by atoms with Gasteiger partial charge in [-0.15, -0.1) is 0 Å². The van der Waals surface area contributed by atoms with Gasteiger partial charge in [0.15, 0.2) is 0 Å². The number of nitrogens with one attached hydrogen (secondary N) is 1. The standard InChI is InChI=1S/C13H24F3NO/c1-3-7-18-9-12(17-2)10-5-4-6-11(8-10)13(14,15)16/h10-12,17H,3-9H2,1-2H3. The van der Waals surface area contributed by atoms with Crippen molar-refractivity contribution < 1.29 is 17.9 Å². The predicted molar refractivity (Wildman–Crippen MR) is 65.5 cm³/mol. The fourth-order valence-corrected chi connectivity index (χ4v) is 2.70. The van der Waals surface area contributed by atoms with Crippen LogP contribution in [-0.4, -0.2) is 32.5 Å². The van der Waals surface area contributed by atoms with Gasteiger partial charge in [0.2, 0.25) is 0 Å². The van der Waals surface area contributed by atoms with Gasteiger partial charge in [-0.25, -0.2) is 0 Å². The number of hydrogen-bond donors (Lipinski definition) is 1. The second-order valence-corrected chi connectivity index (χ2v) is 5.14. The zero-order valence-electron chi connectivity index (χ0n) is 11.2. The number of ether oxygens (including phenoxy) is 1. The van der Waals surface area contributed by atoms with Crippen LogP contribution in [0.2, 0.25) is 0 Å². The third-order valence-corrected chi connectivity index (χ3v) is 3.76. The van der Waals surface area contributed by atoms with Crippen LogP contribution >= 0.6 is 0 Å². The molecule has 0 spiro atoms. The second kappa shape index (κ2) is 7.34. The van der Waals surface area contributed by atoms with E-state index in [-0.39, 0.29) is 24.8 Å². The molecular formula is C13H24F3NO. The van der Waals surface area contributed by atoms with Gasteiger partial charge in [-0.2, -0.15) is 13.2 Å². The van der Waals surface area contributed by atoms with Crippen LogP contribution in [0.15, 0.2) is 0 Å². The molecule has 0 bridgehead atoms. The Bertz CT molecular complexity index is 233. The van der Waals surface area contributed by atoms with E-state index >= 15 is 0 Å². The van der Waals surface area contributed by atoms with E-state index in [1.165, 1.54) is 0 Å². The Labute approximate surface area is 107 Å². The number of alkyl halides is 3. The molecule has 0 aromatic heterocycles. The van der Waals surface area contributed by atoms with Crippen LogP contribution in [0.5, 0.6) is 0 Å². The van der Waals surface area contributed by atoms with Crippen molar-refractivity contribution >= 4 is 0 Å². The van der Waals surface area contributed by atoms with Crippen LogP contribution in [0, 0.1) is 11.8 Å². The average molecular weight is 267 g/mol. The summed E-state index contributed by atoms with van der Waals surface area (Å²) in [5.74, 6) is -1.05. The van der Waals surface area contributed by atoms with Crippen molar-refractivity contribution in [2.75, 3.05) is 20.3 Å². The molecule has 1 rings (SSSR count). The molecular weight excluding hydrogens is 243 g/mol. The third-order valence-electron chi connectivity index (χ3n) is 3.76. The summed E-state index contributed by atoms with van der Waals surface area (Å²) < 4.78 is 43.7. The summed E-state index contributed by atoms with van der Waals surface area (Å²) in [6.45, 7) is 3.21. The summed E-state index contributed by atoms with van der Waals surface area (Å²) in [7, 11) is 1.80. The Morgan fingerprint density at radius 3 is 2.61 bits per heavy atom. The van der Waals surface area contributed by atoms with Gasteiger partial charge >= 0.3 is 6.18 Å². The zero-order chi connectivity index (χ0) is 13.6. The third kappa shape index (κ3) is 4.76. The quantitative estimate of drug-likeness (QED) is 0.745. The molecule has 2 nitrogen and oxygen atoms in total. The summed E-state index contributed by atoms with van der Waals surface area (Å²) in [5, 5.41) is 3.11. The molecule has 1 N–H and O–H groups in total. The van der Waals surface area contributed by atoms with Gasteiger partial charge < -0.3 is 10.1 Å². The molecule has 3 atom stereocenters. The van der Waals surface area contributed by atoms with E-state index < -0.39 is 12.1 Å². The molecule has 1 fully saturated rings. The first-order valence-corrected chi connectivity index (χ1v) is 6.80. The van der Waals surface area contributed by atoms with E-state index in [1.807, 2.05) is 6.92 Å². The Morgan fingerprint density at radius 1 is 1.33 bits per heavy atom. The Kier molecular flexibility index (Phi) is 6.43. The van der Waals surface area contributed by atoms with Crippen LogP contribution < -0.4 is 5.32 Å². The highest BCUT2D eigenvalue weighted by Gasteiger charge is 2.43. The number of halogens is 3. The molecule has 108 valence electrons. The lowest BCUT2D eigenvalue weighted by molar-refractivity contribution is -0.187. The van der Waals surface area contributed by atoms with Crippen molar-refractivity contribution in [3.63, 3.8) is 0 Å². The molecule has 0 amide bonds. The molecule has 5 heteroatoms. The normalized spacial score (nSPS) is 27.2. The second-order valence-electron chi connectivity index (χ2n) is 5.14. The summed E-state index contributed by atoms with van der Waals surface area (Å²) >= 11 is 0. The first kappa shape index (κ1) is 15.8. The summed E-state index contributed by atoms with van der Waals surface area (Å²) in [6.07, 6.45) is -1.04. The van der Waals surface area contributed by atoms with Crippen LogP contribution in [0.4, 0.5) is 13.2 Å². The molecule has 1 saturated carbocycles. The fourth-order valence-electron chi connectivity index (χ4n) is 2.70. The number of hydrogen-bond acceptors (Lipinski definition) is 2. The molecule has 1 aliphatic rings. The predicted octanol–water partition coefficient (Wildman–Crippen LogP) is 3.37. The van der Waals surface area contributed by atoms with Crippen molar-refractivity contribution in [3.05, 3.63) is 0 Å². The van der Waals surface area contributed by atoms with Gasteiger partial charge in [0.1, 0.15) is 0 Å². The Morgan fingerprint density at radius 2 is 2.06 bits per heavy atom. The topological polar surface area (TPSA) is 21.3 Å². The lowest BCUT2D eigenvalue weighted by atomic mass is 9.77. The number of likely N-dealkylation sites (N-methyl/N-ethyl adjacent to an activating group) is 1. The summed E-state index contributed by atoms with van der Waals surface area (Å²) in [6, 6.07) is 0.0432. The zero-order valence-corrected chi connectivity index (χ0v) is 11.2. The van der Waals surface area contributed by atoms with Crippen molar-refractivity contribution in [1.82, 2.24) is 5.32 Å². The molecule has 0 heterocycles. The van der Waals surface area contributed by atoms with E-state index in [0.29, 0.717) is 19.6 Å². The van der Waals surface area contributed by atoms with Crippen molar-refractivity contribution in [1.29, 1.82) is 0 Å². The minimum Gasteiger partial charge on any atom is -0.380 e. The molecule has 18 heavy (non-hydrogen) atoms. The molecule has 1 aliphatic carbocycles. The molecule has 0 aromatic carbocycles. The van der Waals surface area contributed by atoms with E-state index in [4.69, 9.17) is 4.74 Å². The van der Waals surface area contributed by atoms with Gasteiger partial charge in [-0.05, 0) is 38.6 Å². The fraction of sp³-hybridized carbons (Fsp3) is 1.00. The van der Waals surface area contributed by atoms with Crippen LogP contribution in [0.3, 0.4) is 0 Å². The van der Waals surface area contributed by atoms with E-state index in [9.17, 15) is 13.2 Å². The number of rotatable bonds is 6. The maximum absolute atomic E-state index is 12.7. The van der Waals surface area contributed by atoms with Gasteiger partial charge in [0.25, 0.3) is 0 Å². The van der Waals surface area contributed by atoms with Gasteiger partial charge in [0.05, 0.1) is 12.5 Å². The van der Waals surface area contributed by atoms with Gasteiger partial charge in [0, 0.05) is 12.6 Å². The molecule has 0 radical (unpaired) electrons. The van der Waals surface area contributed by atoms with Crippen LogP contribution in [0.25, 0.3) is 0 Å². The first-order chi connectivity index (χ1) is 8.49. The Balaban J connectivity index is 2.47. The monoisotopic (exact) mass is 267 g/mol. The molecule has 0 saturated heterocycles. The van der Waals surface area contributed by atoms with Crippen molar-refractivity contribution in [2.45, 2.75) is 51.2 Å². The smallest absolute Gasteiger partial charge is 0.380 e. The van der Waals surface area contributed by atoms with Gasteiger partial charge in [-0.3, -0.25) is 0 Å². The Hall–Kier alpha value is -0.290.